The normalized spacial score (nSPS) is 23.4. The van der Waals surface area contributed by atoms with E-state index in [1.54, 1.807) is 25.1 Å². The molecule has 1 aromatic heterocycles. The molecule has 1 aliphatic rings. The van der Waals surface area contributed by atoms with E-state index in [-0.39, 0.29) is 17.5 Å². The van der Waals surface area contributed by atoms with Gasteiger partial charge in [-0.05, 0) is 68.4 Å². The van der Waals surface area contributed by atoms with Crippen molar-refractivity contribution < 1.29 is 19.1 Å². The highest BCUT2D eigenvalue weighted by Gasteiger charge is 2.48. The topological polar surface area (TPSA) is 54.4 Å². The van der Waals surface area contributed by atoms with Gasteiger partial charge in [0.15, 0.2) is 5.78 Å². The lowest BCUT2D eigenvalue weighted by Crippen LogP contribution is -2.34. The van der Waals surface area contributed by atoms with Gasteiger partial charge in [0, 0.05) is 4.88 Å². The van der Waals surface area contributed by atoms with Crippen molar-refractivity contribution in [1.82, 2.24) is 0 Å². The van der Waals surface area contributed by atoms with Crippen LogP contribution in [0.1, 0.15) is 57.8 Å². The number of benzene rings is 1. The molecule has 2 aromatic rings. The summed E-state index contributed by atoms with van der Waals surface area (Å²) >= 11 is 1.44. The summed E-state index contributed by atoms with van der Waals surface area (Å²) in [6.45, 7) is 3.17. The van der Waals surface area contributed by atoms with Crippen LogP contribution in [0.4, 0.5) is 4.39 Å². The van der Waals surface area contributed by atoms with Crippen molar-refractivity contribution >= 4 is 23.1 Å². The second kappa shape index (κ2) is 6.13. The number of hydrogen-bond acceptors (Lipinski definition) is 3. The molecule has 1 aromatic carbocycles. The maximum absolute atomic E-state index is 13.9. The zero-order chi connectivity index (χ0) is 17.5. The summed E-state index contributed by atoms with van der Waals surface area (Å²) in [7, 11) is 0. The van der Waals surface area contributed by atoms with Gasteiger partial charge in [-0.2, -0.15) is 0 Å². The van der Waals surface area contributed by atoms with E-state index < -0.39 is 11.4 Å². The van der Waals surface area contributed by atoms with Crippen molar-refractivity contribution in [2.75, 3.05) is 0 Å². The van der Waals surface area contributed by atoms with Gasteiger partial charge in [-0.3, -0.25) is 9.59 Å². The van der Waals surface area contributed by atoms with Crippen molar-refractivity contribution in [3.05, 3.63) is 57.0 Å². The third kappa shape index (κ3) is 2.67. The van der Waals surface area contributed by atoms with Crippen LogP contribution in [0.15, 0.2) is 30.3 Å². The number of rotatable bonds is 4. The molecule has 0 saturated heterocycles. The Labute approximate surface area is 144 Å². The number of Topliss-reactive ketones (excluding diaryl/α,β-unsaturated/α-hetero) is 1. The summed E-state index contributed by atoms with van der Waals surface area (Å²) in [6, 6.07) is 8.39. The highest BCUT2D eigenvalue weighted by Crippen LogP contribution is 2.50. The minimum atomic E-state index is -1.06. The lowest BCUT2D eigenvalue weighted by atomic mass is 9.76. The molecule has 126 valence electrons. The number of halogens is 1. The molecular weight excluding hydrogens is 327 g/mol. The van der Waals surface area contributed by atoms with Crippen LogP contribution in [0.2, 0.25) is 0 Å². The van der Waals surface area contributed by atoms with Crippen LogP contribution < -0.4 is 0 Å². The lowest BCUT2D eigenvalue weighted by Gasteiger charge is -2.27. The quantitative estimate of drug-likeness (QED) is 0.817. The van der Waals surface area contributed by atoms with E-state index in [4.69, 9.17) is 0 Å². The number of carboxylic acids is 1. The van der Waals surface area contributed by atoms with Gasteiger partial charge in [0.25, 0.3) is 0 Å². The van der Waals surface area contributed by atoms with Gasteiger partial charge >= 0.3 is 5.97 Å². The molecule has 3 nitrogen and oxygen atoms in total. The Morgan fingerprint density at radius 2 is 2.04 bits per heavy atom. The zero-order valence-electron chi connectivity index (χ0n) is 13.6. The Bertz CT molecular complexity index is 811. The zero-order valence-corrected chi connectivity index (χ0v) is 14.5. The smallest absolute Gasteiger partial charge is 0.314 e. The van der Waals surface area contributed by atoms with Crippen LogP contribution in [0.25, 0.3) is 0 Å². The Hall–Kier alpha value is -2.01. The van der Waals surface area contributed by atoms with Crippen molar-refractivity contribution in [3.8, 4) is 0 Å². The number of carboxylic acid groups (broad SMARTS) is 1. The van der Waals surface area contributed by atoms with Crippen LogP contribution in [-0.2, 0) is 10.2 Å². The standard InChI is InChI=1S/C19H19FO3S/c1-11-14(4-3-5-15(11)20)19(18(22)23)9-8-13(10-19)17-7-6-16(24-17)12(2)21/h3-7,13H,8-10H2,1-2H3,(H,22,23). The summed E-state index contributed by atoms with van der Waals surface area (Å²) in [5.74, 6) is -1.16. The molecule has 2 atom stereocenters. The van der Waals surface area contributed by atoms with Crippen molar-refractivity contribution in [3.63, 3.8) is 0 Å². The second-order valence-corrected chi connectivity index (χ2v) is 7.61. The number of aliphatic carboxylic acids is 1. The Morgan fingerprint density at radius 1 is 1.29 bits per heavy atom. The third-order valence-electron chi connectivity index (χ3n) is 5.08. The van der Waals surface area contributed by atoms with Gasteiger partial charge in [0.2, 0.25) is 0 Å². The van der Waals surface area contributed by atoms with Crippen LogP contribution in [-0.4, -0.2) is 16.9 Å². The Morgan fingerprint density at radius 3 is 2.67 bits per heavy atom. The van der Waals surface area contributed by atoms with Crippen molar-refractivity contribution in [1.29, 1.82) is 0 Å². The van der Waals surface area contributed by atoms with E-state index in [2.05, 4.69) is 0 Å². The van der Waals surface area contributed by atoms with E-state index >= 15 is 0 Å². The molecule has 0 aliphatic heterocycles. The largest absolute Gasteiger partial charge is 0.481 e. The van der Waals surface area contributed by atoms with E-state index in [1.165, 1.54) is 24.3 Å². The molecule has 5 heteroatoms. The molecule has 2 unspecified atom stereocenters. The first-order valence-corrected chi connectivity index (χ1v) is 8.76. The SMILES string of the molecule is CC(=O)c1ccc(C2CCC(C(=O)O)(c3cccc(F)c3C)C2)s1. The minimum Gasteiger partial charge on any atom is -0.481 e. The van der Waals surface area contributed by atoms with Crippen LogP contribution in [0.3, 0.4) is 0 Å². The summed E-state index contributed by atoms with van der Waals surface area (Å²) < 4.78 is 13.9. The summed E-state index contributed by atoms with van der Waals surface area (Å²) in [6.07, 6.45) is 1.63. The summed E-state index contributed by atoms with van der Waals surface area (Å²) in [4.78, 5) is 25.3. The average Bonchev–Trinajstić information content (AvgIpc) is 3.17. The molecule has 0 bridgehead atoms. The third-order valence-corrected chi connectivity index (χ3v) is 6.43. The molecule has 1 saturated carbocycles. The summed E-state index contributed by atoms with van der Waals surface area (Å²) in [5.41, 5.74) is -0.0750. The predicted octanol–water partition coefficient (Wildman–Crippen LogP) is 4.69. The van der Waals surface area contributed by atoms with E-state index in [0.717, 1.165) is 11.3 Å². The molecule has 0 radical (unpaired) electrons. The van der Waals surface area contributed by atoms with Crippen LogP contribution in [0.5, 0.6) is 0 Å². The molecule has 24 heavy (non-hydrogen) atoms. The minimum absolute atomic E-state index is 0.0229. The summed E-state index contributed by atoms with van der Waals surface area (Å²) in [5, 5.41) is 9.92. The fourth-order valence-corrected chi connectivity index (χ4v) is 4.77. The van der Waals surface area contributed by atoms with Gasteiger partial charge in [0.1, 0.15) is 5.82 Å². The van der Waals surface area contributed by atoms with E-state index in [9.17, 15) is 19.1 Å². The van der Waals surface area contributed by atoms with Crippen LogP contribution in [0, 0.1) is 12.7 Å². The molecule has 0 spiro atoms. The molecule has 0 amide bonds. The number of ketones is 1. The van der Waals surface area contributed by atoms with Gasteiger partial charge in [-0.25, -0.2) is 4.39 Å². The van der Waals surface area contributed by atoms with Gasteiger partial charge in [-0.15, -0.1) is 11.3 Å². The first-order chi connectivity index (χ1) is 11.3. The van der Waals surface area contributed by atoms with Crippen molar-refractivity contribution in [2.45, 2.75) is 44.4 Å². The number of thiophene rings is 1. The highest BCUT2D eigenvalue weighted by atomic mass is 32.1. The van der Waals surface area contributed by atoms with Crippen molar-refractivity contribution in [2.24, 2.45) is 0 Å². The molecule has 3 rings (SSSR count). The van der Waals surface area contributed by atoms with Crippen LogP contribution >= 0.6 is 11.3 Å². The molecule has 1 fully saturated rings. The Balaban J connectivity index is 1.97. The average molecular weight is 346 g/mol. The highest BCUT2D eigenvalue weighted by molar-refractivity contribution is 7.14. The molecular formula is C19H19FO3S. The first-order valence-electron chi connectivity index (χ1n) is 7.95. The fourth-order valence-electron chi connectivity index (χ4n) is 3.73. The van der Waals surface area contributed by atoms with Gasteiger partial charge in [-0.1, -0.05) is 12.1 Å². The molecule has 1 aliphatic carbocycles. The maximum atomic E-state index is 13.9. The predicted molar refractivity (Wildman–Crippen MR) is 91.4 cm³/mol. The number of hydrogen-bond donors (Lipinski definition) is 1. The van der Waals surface area contributed by atoms with Gasteiger partial charge in [0.05, 0.1) is 10.3 Å². The fraction of sp³-hybridized carbons (Fsp3) is 0.368. The molecule has 1 heterocycles. The van der Waals surface area contributed by atoms with Gasteiger partial charge < -0.3 is 5.11 Å². The lowest BCUT2D eigenvalue weighted by molar-refractivity contribution is -0.143. The monoisotopic (exact) mass is 346 g/mol. The Kier molecular flexibility index (Phi) is 4.30. The van der Waals surface area contributed by atoms with E-state index in [1.807, 2.05) is 6.07 Å². The number of carbonyl (C=O) groups excluding carboxylic acids is 1. The van der Waals surface area contributed by atoms with E-state index in [0.29, 0.717) is 28.8 Å². The second-order valence-electron chi connectivity index (χ2n) is 6.50. The maximum Gasteiger partial charge on any atom is 0.314 e. The first kappa shape index (κ1) is 16.8. The number of carbonyl (C=O) groups is 2. The molecule has 1 N–H and O–H groups in total.